The Balaban J connectivity index is 0.00000337. The van der Waals surface area contributed by atoms with Crippen molar-refractivity contribution in [2.75, 3.05) is 13.6 Å². The van der Waals surface area contributed by atoms with Crippen LogP contribution in [0.25, 0.3) is 0 Å². The van der Waals surface area contributed by atoms with Crippen LogP contribution in [0.1, 0.15) is 42.1 Å². The molecule has 6 rings (SSSR count). The average Bonchev–Trinajstić information content (AvgIpc) is 3.29. The lowest BCUT2D eigenvalue weighted by Crippen LogP contribution is -2.74. The van der Waals surface area contributed by atoms with Gasteiger partial charge in [0, 0.05) is 23.6 Å². The topological polar surface area (TPSA) is 163 Å². The summed E-state index contributed by atoms with van der Waals surface area (Å²) in [6.07, 6.45) is -2.49. The van der Waals surface area contributed by atoms with Crippen LogP contribution in [-0.4, -0.2) is 80.7 Å². The van der Waals surface area contributed by atoms with E-state index in [9.17, 15) is 29.7 Å². The van der Waals surface area contributed by atoms with Crippen LogP contribution in [0.5, 0.6) is 11.5 Å². The molecule has 0 radical (unpaired) electrons. The van der Waals surface area contributed by atoms with Gasteiger partial charge < -0.3 is 39.5 Å². The van der Waals surface area contributed by atoms with E-state index >= 15 is 0 Å². The van der Waals surface area contributed by atoms with Gasteiger partial charge in [-0.25, -0.2) is 9.59 Å². The minimum atomic E-state index is -1.99. The zero-order valence-electron chi connectivity index (χ0n) is 22.1. The third-order valence-corrected chi connectivity index (χ3v) is 8.78. The maximum Gasteiger partial charge on any atom is 0.357 e. The number of carboxylic acid groups (broad SMARTS) is 1. The molecule has 2 aliphatic carbocycles. The molecule has 0 amide bonds. The van der Waals surface area contributed by atoms with E-state index in [0.717, 1.165) is 11.1 Å². The summed E-state index contributed by atoms with van der Waals surface area (Å²) in [4.78, 5) is 39.1. The lowest BCUT2D eigenvalue weighted by molar-refractivity contribution is -0.177. The molecule has 2 aliphatic heterocycles. The van der Waals surface area contributed by atoms with Gasteiger partial charge in [-0.2, -0.15) is 0 Å². The number of hydrogen-bond acceptors (Lipinski definition) is 10. The Kier molecular flexibility index (Phi) is 7.27. The molecule has 0 unspecified atom stereocenters. The van der Waals surface area contributed by atoms with Gasteiger partial charge in [-0.05, 0) is 44.1 Å². The highest BCUT2D eigenvalue weighted by Gasteiger charge is 2.72. The van der Waals surface area contributed by atoms with Crippen molar-refractivity contribution in [3.63, 3.8) is 0 Å². The molecule has 1 saturated heterocycles. The molecule has 1 spiro atoms. The molecule has 1 fully saturated rings. The number of aliphatic carboxylic acids is 1. The largest absolute Gasteiger partial charge is 0.504 e. The van der Waals surface area contributed by atoms with Crippen molar-refractivity contribution in [2.24, 2.45) is 0 Å². The van der Waals surface area contributed by atoms with E-state index in [0.29, 0.717) is 19.4 Å². The number of aliphatic hydroxyl groups excluding tert-OH is 1. The van der Waals surface area contributed by atoms with Crippen molar-refractivity contribution < 1.29 is 49.0 Å². The van der Waals surface area contributed by atoms with Crippen LogP contribution in [-0.2, 0) is 35.7 Å². The van der Waals surface area contributed by atoms with Gasteiger partial charge in [0.2, 0.25) is 6.10 Å². The summed E-state index contributed by atoms with van der Waals surface area (Å²) in [6, 6.07) is 11.3. The summed E-state index contributed by atoms with van der Waals surface area (Å²) < 4.78 is 17.5. The normalized spacial score (nSPS) is 28.6. The Morgan fingerprint density at radius 1 is 1.17 bits per heavy atom. The minimum absolute atomic E-state index is 0. The predicted octanol–water partition coefficient (Wildman–Crippen LogP) is 1.75. The summed E-state index contributed by atoms with van der Waals surface area (Å²) in [5.74, 6) is -3.33. The molecule has 12 heteroatoms. The van der Waals surface area contributed by atoms with Crippen molar-refractivity contribution in [2.45, 2.75) is 61.1 Å². The second kappa shape index (κ2) is 10.3. The molecule has 41 heavy (non-hydrogen) atoms. The smallest absolute Gasteiger partial charge is 0.357 e. The second-order valence-corrected chi connectivity index (χ2v) is 10.9. The average molecular weight is 588 g/mol. The minimum Gasteiger partial charge on any atom is -0.504 e. The number of phenols is 1. The highest BCUT2D eigenvalue weighted by atomic mass is 35.5. The molecule has 0 saturated carbocycles. The van der Waals surface area contributed by atoms with E-state index in [2.05, 4.69) is 4.90 Å². The van der Waals surface area contributed by atoms with Gasteiger partial charge in [0.25, 0.3) is 0 Å². The maximum atomic E-state index is 13.6. The van der Waals surface area contributed by atoms with E-state index in [1.54, 1.807) is 42.5 Å². The van der Waals surface area contributed by atoms with Crippen molar-refractivity contribution in [3.8, 4) is 11.5 Å². The van der Waals surface area contributed by atoms with Gasteiger partial charge in [-0.1, -0.05) is 36.4 Å². The van der Waals surface area contributed by atoms with Crippen molar-refractivity contribution >= 4 is 30.3 Å². The Labute approximate surface area is 241 Å². The molecule has 4 aliphatic rings. The molecule has 2 bridgehead atoms. The van der Waals surface area contributed by atoms with Crippen LogP contribution in [0.4, 0.5) is 0 Å². The molecule has 2 heterocycles. The molecule has 4 N–H and O–H groups in total. The number of esters is 2. The maximum absolute atomic E-state index is 13.6. The van der Waals surface area contributed by atoms with Crippen LogP contribution in [0, 0.1) is 0 Å². The van der Waals surface area contributed by atoms with E-state index in [1.165, 1.54) is 0 Å². The van der Waals surface area contributed by atoms with Gasteiger partial charge in [0.15, 0.2) is 23.7 Å². The zero-order valence-corrected chi connectivity index (χ0v) is 22.9. The van der Waals surface area contributed by atoms with Crippen LogP contribution < -0.4 is 4.74 Å². The van der Waals surface area contributed by atoms with Crippen LogP contribution >= 0.6 is 12.4 Å². The van der Waals surface area contributed by atoms with E-state index in [4.69, 9.17) is 19.3 Å². The number of carbonyl (C=O) groups excluding carboxylic acids is 2. The molecule has 11 nitrogen and oxygen atoms in total. The number of carbonyl (C=O) groups is 3. The van der Waals surface area contributed by atoms with E-state index in [-0.39, 0.29) is 47.7 Å². The highest BCUT2D eigenvalue weighted by molar-refractivity contribution is 5.85. The number of carboxylic acids is 1. The first-order valence-corrected chi connectivity index (χ1v) is 13.1. The summed E-state index contributed by atoms with van der Waals surface area (Å²) in [7, 11) is 1.96. The Bertz CT molecular complexity index is 1430. The molecule has 218 valence electrons. The first kappa shape index (κ1) is 28.9. The number of benzene rings is 2. The number of nitrogens with zero attached hydrogens (tertiary/aromatic N) is 1. The third kappa shape index (κ3) is 4.26. The number of aliphatic hydroxyl groups is 2. The lowest BCUT2D eigenvalue weighted by atomic mass is 9.50. The number of likely N-dealkylation sites (tertiary alicyclic amines) is 1. The quantitative estimate of drug-likeness (QED) is 0.349. The number of ether oxygens (including phenoxy) is 3. The SMILES string of the molecule is CN1CC[C@]23c4c5ccc(O)c4O[C@H]2C(OC(=O)[C@@H](OC(=O)C[C@H](O)C(=O)O)c2ccccc2)=CC[C@@]3(O)[C@H]1C5.Cl. The standard InChI is InChI=1S/C29H29NO10.ClH/c1-30-12-11-28-22-16-7-8-17(31)24(22)40-25(28)19(9-10-29(28,37)20(30)13-16)38-27(36)23(15-5-3-2-4-6-15)39-21(33)14-18(32)26(34)35;/h2-9,18,20,23,25,31-32,37H,10-14H2,1H3,(H,34,35);1H/t18-,20+,23-,25-,28-,29+;/m0./s1. The number of hydrogen-bond donors (Lipinski definition) is 4. The summed E-state index contributed by atoms with van der Waals surface area (Å²) in [5, 5.41) is 41.4. The summed E-state index contributed by atoms with van der Waals surface area (Å²) in [6.45, 7) is 0.652. The molecule has 0 aromatic heterocycles. The number of piperidine rings is 1. The Hall–Kier alpha value is -3.64. The number of rotatable bonds is 7. The van der Waals surface area contributed by atoms with Crippen molar-refractivity contribution in [3.05, 3.63) is 71.0 Å². The van der Waals surface area contributed by atoms with Crippen LogP contribution in [0.2, 0.25) is 0 Å². The number of likely N-dealkylation sites (N-methyl/N-ethyl adjacent to an activating group) is 1. The number of halogens is 1. The van der Waals surface area contributed by atoms with Gasteiger partial charge in [-0.15, -0.1) is 12.4 Å². The second-order valence-electron chi connectivity index (χ2n) is 10.9. The fourth-order valence-electron chi connectivity index (χ4n) is 6.91. The number of aromatic hydroxyl groups is 1. The highest BCUT2D eigenvalue weighted by Crippen LogP contribution is 2.65. The number of phenolic OH excluding ortho intramolecular Hbond substituents is 1. The first-order chi connectivity index (χ1) is 19.1. The fraction of sp³-hybridized carbons (Fsp3) is 0.414. The molecule has 6 atom stereocenters. The molecular formula is C29H30ClNO10. The van der Waals surface area contributed by atoms with E-state index in [1.807, 2.05) is 13.1 Å². The van der Waals surface area contributed by atoms with Crippen LogP contribution in [0.15, 0.2) is 54.3 Å². The summed E-state index contributed by atoms with van der Waals surface area (Å²) >= 11 is 0. The van der Waals surface area contributed by atoms with Crippen molar-refractivity contribution in [1.29, 1.82) is 0 Å². The van der Waals surface area contributed by atoms with Gasteiger partial charge in [-0.3, -0.25) is 4.79 Å². The van der Waals surface area contributed by atoms with Crippen molar-refractivity contribution in [1.82, 2.24) is 4.90 Å². The zero-order chi connectivity index (χ0) is 28.4. The van der Waals surface area contributed by atoms with Gasteiger partial charge >= 0.3 is 17.9 Å². The third-order valence-electron chi connectivity index (χ3n) is 8.78. The molecule has 2 aromatic rings. The van der Waals surface area contributed by atoms with Gasteiger partial charge in [0.1, 0.15) is 5.76 Å². The monoisotopic (exact) mass is 587 g/mol. The molecule has 2 aromatic carbocycles. The predicted molar refractivity (Wildman–Crippen MR) is 143 cm³/mol. The van der Waals surface area contributed by atoms with Gasteiger partial charge in [0.05, 0.1) is 17.4 Å². The Morgan fingerprint density at radius 3 is 2.61 bits per heavy atom. The fourth-order valence-corrected chi connectivity index (χ4v) is 6.91. The lowest BCUT2D eigenvalue weighted by Gasteiger charge is -2.61. The summed E-state index contributed by atoms with van der Waals surface area (Å²) in [5.41, 5.74) is -0.243. The Morgan fingerprint density at radius 2 is 1.90 bits per heavy atom. The van der Waals surface area contributed by atoms with Crippen LogP contribution in [0.3, 0.4) is 0 Å². The molecular weight excluding hydrogens is 558 g/mol. The van der Waals surface area contributed by atoms with E-state index < -0.39 is 53.7 Å². The first-order valence-electron chi connectivity index (χ1n) is 13.1.